The molecule has 1 aromatic rings. The largest absolute Gasteiger partial charge is 0.289 e. The summed E-state index contributed by atoms with van der Waals surface area (Å²) in [5, 5.41) is 11.7. The molecule has 0 bridgehead atoms. The molecule has 1 rings (SSSR count). The molecule has 0 amide bonds. The number of hydrogen-bond acceptors (Lipinski definition) is 3. The quantitative estimate of drug-likeness (QED) is 0.347. The summed E-state index contributed by atoms with van der Waals surface area (Å²) in [6.07, 6.45) is 1.04. The Labute approximate surface area is 103 Å². The molecule has 1 aromatic carbocycles. The number of nitrogens with one attached hydrogen (secondary N) is 2. The van der Waals surface area contributed by atoms with Gasteiger partial charge in [-0.05, 0) is 29.0 Å². The van der Waals surface area contributed by atoms with Gasteiger partial charge in [-0.1, -0.05) is 45.1 Å². The molecule has 0 aliphatic carbocycles. The Bertz CT molecular complexity index is 398. The van der Waals surface area contributed by atoms with E-state index in [2.05, 4.69) is 39.0 Å². The summed E-state index contributed by atoms with van der Waals surface area (Å²) < 4.78 is 0. The molecule has 0 fully saturated rings. The van der Waals surface area contributed by atoms with Crippen LogP contribution in [0.4, 0.5) is 5.69 Å². The summed E-state index contributed by atoms with van der Waals surface area (Å²) in [5.41, 5.74) is 9.14. The highest BCUT2D eigenvalue weighted by atomic mass is 15.5. The van der Waals surface area contributed by atoms with Crippen molar-refractivity contribution in [3.63, 3.8) is 0 Å². The minimum Gasteiger partial charge on any atom is -0.289 e. The normalized spacial score (nSPS) is 12.9. The molecule has 0 saturated carbocycles. The molecule has 1 unspecified atom stereocenters. The van der Waals surface area contributed by atoms with E-state index in [4.69, 9.17) is 10.9 Å². The van der Waals surface area contributed by atoms with Gasteiger partial charge in [0, 0.05) is 0 Å². The van der Waals surface area contributed by atoms with E-state index >= 15 is 0 Å². The van der Waals surface area contributed by atoms with Crippen LogP contribution in [0.5, 0.6) is 0 Å². The van der Waals surface area contributed by atoms with Gasteiger partial charge in [-0.2, -0.15) is 5.53 Å². The van der Waals surface area contributed by atoms with E-state index in [0.717, 1.165) is 12.0 Å². The molecule has 0 spiro atoms. The van der Waals surface area contributed by atoms with Crippen LogP contribution < -0.4 is 5.01 Å². The van der Waals surface area contributed by atoms with E-state index in [1.54, 1.807) is 0 Å². The third-order valence-electron chi connectivity index (χ3n) is 3.16. The van der Waals surface area contributed by atoms with Crippen molar-refractivity contribution in [3.05, 3.63) is 29.8 Å². The molecule has 0 aromatic heterocycles. The van der Waals surface area contributed by atoms with E-state index < -0.39 is 0 Å². The third-order valence-corrected chi connectivity index (χ3v) is 3.16. The molecule has 4 heteroatoms. The van der Waals surface area contributed by atoms with E-state index in [1.807, 2.05) is 18.2 Å². The Balaban J connectivity index is 3.09. The van der Waals surface area contributed by atoms with Crippen LogP contribution in [0.15, 0.2) is 29.5 Å². The molecule has 0 radical (unpaired) electrons. The molecule has 2 N–H and O–H groups in total. The number of hydrogen-bond donors (Lipinski definition) is 2. The highest BCUT2D eigenvalue weighted by Crippen LogP contribution is 2.35. The maximum atomic E-state index is 7.19. The van der Waals surface area contributed by atoms with Crippen LogP contribution in [-0.2, 0) is 0 Å². The lowest BCUT2D eigenvalue weighted by Gasteiger charge is -2.28. The smallest absolute Gasteiger partial charge is 0.110 e. The van der Waals surface area contributed by atoms with E-state index in [0.29, 0.717) is 5.92 Å². The van der Waals surface area contributed by atoms with Crippen LogP contribution in [-0.4, -0.2) is 6.34 Å². The molecule has 1 atom stereocenters. The lowest BCUT2D eigenvalue weighted by Crippen LogP contribution is -2.16. The van der Waals surface area contributed by atoms with Crippen LogP contribution >= 0.6 is 0 Å². The van der Waals surface area contributed by atoms with Crippen molar-refractivity contribution in [2.24, 2.45) is 10.6 Å². The first-order valence-corrected chi connectivity index (χ1v) is 5.67. The van der Waals surface area contributed by atoms with Crippen molar-refractivity contribution < 1.29 is 0 Å². The fraction of sp³-hybridized carbons (Fsp3) is 0.462. The van der Waals surface area contributed by atoms with Gasteiger partial charge in [0.1, 0.15) is 6.34 Å². The Kier molecular flexibility index (Phi) is 3.99. The summed E-state index contributed by atoms with van der Waals surface area (Å²) in [7, 11) is 0. The van der Waals surface area contributed by atoms with Gasteiger partial charge in [0.25, 0.3) is 0 Å². The summed E-state index contributed by atoms with van der Waals surface area (Å²) >= 11 is 0. The highest BCUT2D eigenvalue weighted by molar-refractivity contribution is 5.75. The predicted molar refractivity (Wildman–Crippen MR) is 70.7 cm³/mol. The first-order chi connectivity index (χ1) is 7.90. The monoisotopic (exact) mass is 232 g/mol. The Morgan fingerprint density at radius 1 is 1.35 bits per heavy atom. The van der Waals surface area contributed by atoms with Crippen LogP contribution in [0.2, 0.25) is 0 Å². The van der Waals surface area contributed by atoms with Gasteiger partial charge < -0.3 is 0 Å². The topological polar surface area (TPSA) is 63.3 Å². The summed E-state index contributed by atoms with van der Waals surface area (Å²) in [6, 6.07) is 7.85. The fourth-order valence-electron chi connectivity index (χ4n) is 1.60. The van der Waals surface area contributed by atoms with Crippen molar-refractivity contribution in [1.82, 2.24) is 0 Å². The molecule has 92 valence electrons. The van der Waals surface area contributed by atoms with Crippen molar-refractivity contribution in [3.8, 4) is 0 Å². The van der Waals surface area contributed by atoms with Gasteiger partial charge in [-0.25, -0.2) is 5.01 Å². The van der Waals surface area contributed by atoms with Crippen LogP contribution in [0.1, 0.15) is 39.2 Å². The lowest BCUT2D eigenvalue weighted by atomic mass is 9.78. The SMILES string of the molecule is CC(c1cccc(N(C=N)N=N)c1)C(C)(C)C. The minimum atomic E-state index is 0.187. The number of anilines is 1. The van der Waals surface area contributed by atoms with Gasteiger partial charge >= 0.3 is 0 Å². The Morgan fingerprint density at radius 2 is 2.00 bits per heavy atom. The van der Waals surface area contributed by atoms with Gasteiger partial charge in [-0.3, -0.25) is 5.41 Å². The molecule has 0 aliphatic heterocycles. The summed E-state index contributed by atoms with van der Waals surface area (Å²) in [4.78, 5) is 0. The molecule has 0 saturated heterocycles. The molecule has 17 heavy (non-hydrogen) atoms. The molecule has 4 nitrogen and oxygen atoms in total. The molecular formula is C13H20N4. The predicted octanol–water partition coefficient (Wildman–Crippen LogP) is 4.20. The van der Waals surface area contributed by atoms with E-state index in [-0.39, 0.29) is 5.41 Å². The van der Waals surface area contributed by atoms with E-state index in [9.17, 15) is 0 Å². The second-order valence-electron chi connectivity index (χ2n) is 5.26. The van der Waals surface area contributed by atoms with Crippen LogP contribution in [0.3, 0.4) is 0 Å². The van der Waals surface area contributed by atoms with Gasteiger partial charge in [0.15, 0.2) is 0 Å². The molecule has 0 heterocycles. The minimum absolute atomic E-state index is 0.187. The van der Waals surface area contributed by atoms with Crippen molar-refractivity contribution in [2.75, 3.05) is 5.01 Å². The molecule has 0 aliphatic rings. The molecular weight excluding hydrogens is 212 g/mol. The Hall–Kier alpha value is -1.71. The average molecular weight is 232 g/mol. The second kappa shape index (κ2) is 5.08. The van der Waals surface area contributed by atoms with Crippen molar-refractivity contribution >= 4 is 12.0 Å². The van der Waals surface area contributed by atoms with Crippen molar-refractivity contribution in [1.29, 1.82) is 10.9 Å². The number of benzene rings is 1. The average Bonchev–Trinajstić information content (AvgIpc) is 2.29. The second-order valence-corrected chi connectivity index (χ2v) is 5.26. The maximum Gasteiger partial charge on any atom is 0.110 e. The van der Waals surface area contributed by atoms with Crippen LogP contribution in [0.25, 0.3) is 0 Å². The van der Waals surface area contributed by atoms with E-state index in [1.165, 1.54) is 10.6 Å². The summed E-state index contributed by atoms with van der Waals surface area (Å²) in [6.45, 7) is 8.79. The van der Waals surface area contributed by atoms with Gasteiger partial charge in [-0.15, -0.1) is 0 Å². The maximum absolute atomic E-state index is 7.19. The zero-order valence-electron chi connectivity index (χ0n) is 10.9. The fourth-order valence-corrected chi connectivity index (χ4v) is 1.60. The van der Waals surface area contributed by atoms with Gasteiger partial charge in [0.2, 0.25) is 0 Å². The Morgan fingerprint density at radius 3 is 2.47 bits per heavy atom. The highest BCUT2D eigenvalue weighted by Gasteiger charge is 2.22. The number of rotatable bonds is 4. The zero-order valence-corrected chi connectivity index (χ0v) is 10.9. The van der Waals surface area contributed by atoms with Gasteiger partial charge in [0.05, 0.1) is 5.69 Å². The van der Waals surface area contributed by atoms with Crippen LogP contribution in [0, 0.1) is 16.4 Å². The van der Waals surface area contributed by atoms with Crippen molar-refractivity contribution in [2.45, 2.75) is 33.6 Å². The standard InChI is InChI=1S/C13H20N4/c1-10(13(2,3)4)11-6-5-7-12(8-11)17(9-14)16-15/h5-10,14-15H,1-4H3. The third kappa shape index (κ3) is 3.12. The lowest BCUT2D eigenvalue weighted by molar-refractivity contribution is 0.339. The zero-order chi connectivity index (χ0) is 13.1. The number of nitrogens with zero attached hydrogens (tertiary/aromatic N) is 2. The summed E-state index contributed by atoms with van der Waals surface area (Å²) in [5.74, 6) is 0.403. The first kappa shape index (κ1) is 13.4. The first-order valence-electron chi connectivity index (χ1n) is 5.67.